The molecule has 0 atom stereocenters. The first-order valence-corrected chi connectivity index (χ1v) is 6.38. The van der Waals surface area contributed by atoms with Crippen molar-refractivity contribution in [2.45, 2.75) is 20.4 Å². The van der Waals surface area contributed by atoms with Gasteiger partial charge < -0.3 is 5.32 Å². The second-order valence-corrected chi connectivity index (χ2v) is 4.73. The monoisotopic (exact) mass is 293 g/mol. The maximum absolute atomic E-state index is 13.6. The van der Waals surface area contributed by atoms with Crippen LogP contribution in [0.25, 0.3) is 0 Å². The number of carbonyl (C=O) groups is 1. The van der Waals surface area contributed by atoms with Crippen molar-refractivity contribution in [3.63, 3.8) is 0 Å². The normalized spacial score (nSPS) is 10.4. The summed E-state index contributed by atoms with van der Waals surface area (Å²) in [6, 6.07) is 5.96. The average Bonchev–Trinajstić information content (AvgIpc) is 2.36. The van der Waals surface area contributed by atoms with Crippen molar-refractivity contribution in [2.24, 2.45) is 0 Å². The molecule has 0 unspecified atom stereocenters. The zero-order valence-corrected chi connectivity index (χ0v) is 11.8. The highest BCUT2D eigenvalue weighted by molar-refractivity contribution is 6.31. The molecule has 1 aromatic carbocycles. The number of benzene rings is 1. The number of rotatable bonds is 3. The van der Waals surface area contributed by atoms with Crippen LogP contribution >= 0.6 is 11.6 Å². The van der Waals surface area contributed by atoms with Crippen LogP contribution in [0.2, 0.25) is 5.02 Å². The third-order valence-electron chi connectivity index (χ3n) is 2.69. The molecule has 0 radical (unpaired) electrons. The third-order valence-corrected chi connectivity index (χ3v) is 3.04. The van der Waals surface area contributed by atoms with Gasteiger partial charge in [0.25, 0.3) is 5.91 Å². The quantitative estimate of drug-likeness (QED) is 0.947. The molecular formula is C14H13ClFN3O. The Labute approximate surface area is 121 Å². The summed E-state index contributed by atoms with van der Waals surface area (Å²) in [5.41, 5.74) is 1.21. The van der Waals surface area contributed by atoms with Crippen LogP contribution in [-0.2, 0) is 6.54 Å². The van der Waals surface area contributed by atoms with E-state index in [1.165, 1.54) is 12.1 Å². The molecular weight excluding hydrogens is 281 g/mol. The highest BCUT2D eigenvalue weighted by atomic mass is 35.5. The van der Waals surface area contributed by atoms with E-state index in [0.717, 1.165) is 0 Å². The van der Waals surface area contributed by atoms with Gasteiger partial charge in [-0.25, -0.2) is 14.4 Å². The lowest BCUT2D eigenvalue weighted by Crippen LogP contribution is -2.25. The molecule has 0 saturated carbocycles. The molecule has 1 heterocycles. The number of aromatic nitrogens is 2. The van der Waals surface area contributed by atoms with Gasteiger partial charge in [-0.2, -0.15) is 0 Å². The number of nitrogens with zero attached hydrogens (tertiary/aromatic N) is 2. The largest absolute Gasteiger partial charge is 0.346 e. The van der Waals surface area contributed by atoms with Crippen molar-refractivity contribution in [1.82, 2.24) is 15.3 Å². The summed E-state index contributed by atoms with van der Waals surface area (Å²) in [7, 11) is 0. The summed E-state index contributed by atoms with van der Waals surface area (Å²) in [6.07, 6.45) is 0. The Balaban J connectivity index is 2.13. The molecule has 20 heavy (non-hydrogen) atoms. The second kappa shape index (κ2) is 5.96. The second-order valence-electron chi connectivity index (χ2n) is 4.32. The molecule has 0 aliphatic heterocycles. The van der Waals surface area contributed by atoms with Crippen molar-refractivity contribution < 1.29 is 9.18 Å². The van der Waals surface area contributed by atoms with E-state index in [4.69, 9.17) is 11.6 Å². The van der Waals surface area contributed by atoms with E-state index in [-0.39, 0.29) is 22.8 Å². The Morgan fingerprint density at radius 3 is 2.75 bits per heavy atom. The SMILES string of the molecule is Cc1cc(C(=O)NCc2c(F)cccc2Cl)nc(C)n1. The summed E-state index contributed by atoms with van der Waals surface area (Å²) in [5.74, 6) is -0.329. The smallest absolute Gasteiger partial charge is 0.270 e. The van der Waals surface area contributed by atoms with Gasteiger partial charge in [-0.05, 0) is 32.0 Å². The minimum atomic E-state index is -0.451. The summed E-state index contributed by atoms with van der Waals surface area (Å²) >= 11 is 5.89. The number of halogens is 2. The summed E-state index contributed by atoms with van der Waals surface area (Å²) in [4.78, 5) is 20.1. The molecule has 104 valence electrons. The number of carbonyl (C=O) groups excluding carboxylic acids is 1. The van der Waals surface area contributed by atoms with Gasteiger partial charge in [0.15, 0.2) is 0 Å². The van der Waals surface area contributed by atoms with E-state index >= 15 is 0 Å². The van der Waals surface area contributed by atoms with E-state index in [2.05, 4.69) is 15.3 Å². The van der Waals surface area contributed by atoms with Crippen LogP contribution in [0.5, 0.6) is 0 Å². The first kappa shape index (κ1) is 14.4. The molecule has 0 bridgehead atoms. The van der Waals surface area contributed by atoms with Gasteiger partial charge in [0, 0.05) is 22.8 Å². The zero-order chi connectivity index (χ0) is 14.7. The highest BCUT2D eigenvalue weighted by Crippen LogP contribution is 2.18. The van der Waals surface area contributed by atoms with Crippen LogP contribution in [0.3, 0.4) is 0 Å². The molecule has 0 spiro atoms. The Morgan fingerprint density at radius 1 is 1.35 bits per heavy atom. The molecule has 1 N–H and O–H groups in total. The lowest BCUT2D eigenvalue weighted by molar-refractivity contribution is 0.0945. The van der Waals surface area contributed by atoms with Crippen LogP contribution < -0.4 is 5.32 Å². The molecule has 6 heteroatoms. The number of nitrogens with one attached hydrogen (secondary N) is 1. The Kier molecular flexibility index (Phi) is 4.29. The average molecular weight is 294 g/mol. The van der Waals surface area contributed by atoms with Gasteiger partial charge in [0.1, 0.15) is 17.3 Å². The Hall–Kier alpha value is -2.01. The van der Waals surface area contributed by atoms with E-state index in [1.54, 1.807) is 26.0 Å². The predicted molar refractivity (Wildman–Crippen MR) is 74.1 cm³/mol. The number of hydrogen-bond donors (Lipinski definition) is 1. The van der Waals surface area contributed by atoms with Gasteiger partial charge in [-0.3, -0.25) is 4.79 Å². The molecule has 2 aromatic rings. The fraction of sp³-hybridized carbons (Fsp3) is 0.214. The molecule has 0 aliphatic rings. The lowest BCUT2D eigenvalue weighted by Gasteiger charge is -2.08. The minimum Gasteiger partial charge on any atom is -0.346 e. The van der Waals surface area contributed by atoms with Crippen LogP contribution in [0.1, 0.15) is 27.6 Å². The number of hydrogen-bond acceptors (Lipinski definition) is 3. The fourth-order valence-electron chi connectivity index (χ4n) is 1.79. The molecule has 0 saturated heterocycles. The zero-order valence-electron chi connectivity index (χ0n) is 11.1. The van der Waals surface area contributed by atoms with Crippen LogP contribution in [0.15, 0.2) is 24.3 Å². The first-order valence-electron chi connectivity index (χ1n) is 6.00. The van der Waals surface area contributed by atoms with Crippen molar-refractivity contribution in [3.05, 3.63) is 57.9 Å². The molecule has 1 amide bonds. The summed E-state index contributed by atoms with van der Waals surface area (Å²) in [5, 5.41) is 2.88. The maximum Gasteiger partial charge on any atom is 0.270 e. The Bertz CT molecular complexity index is 620. The highest BCUT2D eigenvalue weighted by Gasteiger charge is 2.12. The van der Waals surface area contributed by atoms with E-state index in [9.17, 15) is 9.18 Å². The molecule has 2 rings (SSSR count). The van der Waals surface area contributed by atoms with Crippen molar-refractivity contribution in [1.29, 1.82) is 0 Å². The van der Waals surface area contributed by atoms with E-state index in [1.807, 2.05) is 0 Å². The van der Waals surface area contributed by atoms with Crippen molar-refractivity contribution in [3.8, 4) is 0 Å². The van der Waals surface area contributed by atoms with E-state index in [0.29, 0.717) is 11.5 Å². The number of amides is 1. The van der Waals surface area contributed by atoms with E-state index < -0.39 is 11.7 Å². The standard InChI is InChI=1S/C14H13ClFN3O/c1-8-6-13(19-9(2)18-8)14(20)17-7-10-11(15)4-3-5-12(10)16/h3-6H,7H2,1-2H3,(H,17,20). The lowest BCUT2D eigenvalue weighted by atomic mass is 10.2. The molecule has 0 fully saturated rings. The van der Waals surface area contributed by atoms with Crippen LogP contribution in [0.4, 0.5) is 4.39 Å². The predicted octanol–water partition coefficient (Wildman–Crippen LogP) is 2.82. The van der Waals surface area contributed by atoms with Crippen molar-refractivity contribution in [2.75, 3.05) is 0 Å². The van der Waals surface area contributed by atoms with Gasteiger partial charge in [0.2, 0.25) is 0 Å². The fourth-order valence-corrected chi connectivity index (χ4v) is 2.02. The van der Waals surface area contributed by atoms with Crippen LogP contribution in [-0.4, -0.2) is 15.9 Å². The van der Waals surface area contributed by atoms with Gasteiger partial charge >= 0.3 is 0 Å². The minimum absolute atomic E-state index is 0.00639. The van der Waals surface area contributed by atoms with Crippen molar-refractivity contribution >= 4 is 17.5 Å². The van der Waals surface area contributed by atoms with Crippen LogP contribution in [0, 0.1) is 19.7 Å². The molecule has 1 aromatic heterocycles. The third kappa shape index (κ3) is 3.30. The summed E-state index contributed by atoms with van der Waals surface area (Å²) < 4.78 is 13.6. The molecule has 0 aliphatic carbocycles. The van der Waals surface area contributed by atoms with Gasteiger partial charge in [-0.1, -0.05) is 17.7 Å². The topological polar surface area (TPSA) is 54.9 Å². The maximum atomic E-state index is 13.6. The number of aryl methyl sites for hydroxylation is 2. The summed E-state index contributed by atoms with van der Waals surface area (Å²) in [6.45, 7) is 3.49. The Morgan fingerprint density at radius 2 is 2.10 bits per heavy atom. The van der Waals surface area contributed by atoms with Gasteiger partial charge in [-0.15, -0.1) is 0 Å². The molecule has 4 nitrogen and oxygen atoms in total. The first-order chi connectivity index (χ1) is 9.47. The van der Waals surface area contributed by atoms with Gasteiger partial charge in [0.05, 0.1) is 0 Å².